The van der Waals surface area contributed by atoms with E-state index in [9.17, 15) is 4.79 Å². The van der Waals surface area contributed by atoms with E-state index < -0.39 is 5.97 Å². The van der Waals surface area contributed by atoms with E-state index in [-0.39, 0.29) is 6.42 Å². The Balaban J connectivity index is 1.69. The number of hydrogen-bond acceptors (Lipinski definition) is 3. The summed E-state index contributed by atoms with van der Waals surface area (Å²) < 4.78 is 5.91. The molecule has 0 spiro atoms. The topological polar surface area (TPSA) is 72.6 Å². The lowest BCUT2D eigenvalue weighted by molar-refractivity contribution is -0.137. The minimum atomic E-state index is -0.715. The van der Waals surface area contributed by atoms with Gasteiger partial charge in [-0.05, 0) is 44.6 Å². The monoisotopic (exact) mass is 253 g/mol. The molecule has 4 heteroatoms. The molecule has 4 nitrogen and oxygen atoms in total. The molecule has 18 heavy (non-hydrogen) atoms. The number of fused-ring (bicyclic) bond motifs is 2. The molecule has 0 aliphatic carbocycles. The zero-order chi connectivity index (χ0) is 13.0. The molecule has 2 aliphatic rings. The molecular weight excluding hydrogens is 230 g/mol. The van der Waals surface area contributed by atoms with Crippen LogP contribution in [0.4, 0.5) is 0 Å². The zero-order valence-corrected chi connectivity index (χ0v) is 10.8. The number of carboxylic acids is 1. The molecule has 2 bridgehead atoms. The predicted octanol–water partition coefficient (Wildman–Crippen LogP) is 1.94. The largest absolute Gasteiger partial charge is 0.481 e. The Labute approximate surface area is 108 Å². The van der Waals surface area contributed by atoms with Crippen molar-refractivity contribution in [2.75, 3.05) is 6.54 Å². The summed E-state index contributed by atoms with van der Waals surface area (Å²) in [5.74, 6) is 0.380. The fourth-order valence-corrected chi connectivity index (χ4v) is 3.27. The summed E-state index contributed by atoms with van der Waals surface area (Å²) in [6.45, 7) is 0.721. The van der Waals surface area contributed by atoms with E-state index in [1.165, 1.54) is 12.8 Å². The number of hydrogen-bond donors (Lipinski definition) is 2. The van der Waals surface area contributed by atoms with E-state index in [1.807, 2.05) is 0 Å². The summed E-state index contributed by atoms with van der Waals surface area (Å²) in [6, 6.07) is 0. The van der Waals surface area contributed by atoms with Gasteiger partial charge in [-0.2, -0.15) is 0 Å². The normalized spacial score (nSPS) is 34.5. The van der Waals surface area contributed by atoms with Gasteiger partial charge in [0.25, 0.3) is 0 Å². The molecule has 0 aromatic rings. The lowest BCUT2D eigenvalue weighted by atomic mass is 9.77. The molecule has 0 aromatic carbocycles. The van der Waals surface area contributed by atoms with Crippen molar-refractivity contribution in [1.29, 1.82) is 0 Å². The van der Waals surface area contributed by atoms with Gasteiger partial charge in [-0.25, -0.2) is 0 Å². The van der Waals surface area contributed by atoms with E-state index in [0.717, 1.165) is 25.8 Å². The molecular formula is C14H23NO3. The highest BCUT2D eigenvalue weighted by atomic mass is 16.5. The van der Waals surface area contributed by atoms with Gasteiger partial charge in [-0.1, -0.05) is 12.2 Å². The first-order valence-electron chi connectivity index (χ1n) is 6.94. The quantitative estimate of drug-likeness (QED) is 0.537. The number of ether oxygens (including phenoxy) is 1. The third-order valence-corrected chi connectivity index (χ3v) is 4.20. The van der Waals surface area contributed by atoms with E-state index in [1.54, 1.807) is 0 Å². The van der Waals surface area contributed by atoms with Crippen LogP contribution in [0, 0.1) is 11.8 Å². The summed E-state index contributed by atoms with van der Waals surface area (Å²) in [4.78, 5) is 10.4. The number of carboxylic acid groups (broad SMARTS) is 1. The minimum absolute atomic E-state index is 0.257. The Morgan fingerprint density at radius 3 is 2.67 bits per heavy atom. The fraction of sp³-hybridized carbons (Fsp3) is 0.786. The molecule has 2 rings (SSSR count). The predicted molar refractivity (Wildman–Crippen MR) is 69.2 cm³/mol. The lowest BCUT2D eigenvalue weighted by Crippen LogP contribution is -2.32. The van der Waals surface area contributed by atoms with Crippen molar-refractivity contribution in [2.24, 2.45) is 17.6 Å². The highest BCUT2D eigenvalue weighted by molar-refractivity contribution is 5.66. The van der Waals surface area contributed by atoms with Gasteiger partial charge in [0.15, 0.2) is 0 Å². The Morgan fingerprint density at radius 1 is 1.28 bits per heavy atom. The Hall–Kier alpha value is -0.870. The maximum atomic E-state index is 10.4. The van der Waals surface area contributed by atoms with Crippen LogP contribution >= 0.6 is 0 Å². The SMILES string of the molecule is NC[C@H]1[C@@H](C/C=C\CCCC(=O)O)[C@@H]2CC[C@H]1O2. The van der Waals surface area contributed by atoms with Crippen LogP contribution in [0.25, 0.3) is 0 Å². The molecule has 0 radical (unpaired) electrons. The number of rotatable bonds is 7. The number of unbranched alkanes of at least 4 members (excludes halogenated alkanes) is 1. The molecule has 0 amide bonds. The van der Waals surface area contributed by atoms with Gasteiger partial charge in [-0.3, -0.25) is 4.79 Å². The third kappa shape index (κ3) is 3.12. The highest BCUT2D eigenvalue weighted by Crippen LogP contribution is 2.44. The van der Waals surface area contributed by atoms with Crippen LogP contribution in [0.15, 0.2) is 12.2 Å². The van der Waals surface area contributed by atoms with Gasteiger partial charge in [0.2, 0.25) is 0 Å². The Kier molecular flexibility index (Phi) is 4.78. The van der Waals surface area contributed by atoms with Gasteiger partial charge < -0.3 is 15.6 Å². The summed E-state index contributed by atoms with van der Waals surface area (Å²) in [6.07, 6.45) is 10.3. The van der Waals surface area contributed by atoms with E-state index >= 15 is 0 Å². The van der Waals surface area contributed by atoms with Crippen LogP contribution in [0.3, 0.4) is 0 Å². The molecule has 3 N–H and O–H groups in total. The first-order chi connectivity index (χ1) is 8.72. The Bertz CT molecular complexity index is 316. The van der Waals surface area contributed by atoms with Crippen molar-refractivity contribution in [3.63, 3.8) is 0 Å². The van der Waals surface area contributed by atoms with Gasteiger partial charge in [0.05, 0.1) is 12.2 Å². The maximum Gasteiger partial charge on any atom is 0.303 e. The molecule has 2 heterocycles. The minimum Gasteiger partial charge on any atom is -0.481 e. The Morgan fingerprint density at radius 2 is 2.00 bits per heavy atom. The smallest absolute Gasteiger partial charge is 0.303 e. The molecule has 2 fully saturated rings. The summed E-state index contributed by atoms with van der Waals surface area (Å²) in [5, 5.41) is 8.53. The molecule has 2 aliphatic heterocycles. The van der Waals surface area contributed by atoms with Crippen LogP contribution in [-0.2, 0) is 9.53 Å². The number of allylic oxidation sites excluding steroid dienone is 2. The van der Waals surface area contributed by atoms with Crippen molar-refractivity contribution in [3.05, 3.63) is 12.2 Å². The lowest BCUT2D eigenvalue weighted by Gasteiger charge is -2.25. The highest BCUT2D eigenvalue weighted by Gasteiger charge is 2.47. The number of nitrogens with two attached hydrogens (primary N) is 1. The van der Waals surface area contributed by atoms with Crippen molar-refractivity contribution in [1.82, 2.24) is 0 Å². The molecule has 4 atom stereocenters. The van der Waals surface area contributed by atoms with Crippen molar-refractivity contribution >= 4 is 5.97 Å². The number of aliphatic carboxylic acids is 1. The van der Waals surface area contributed by atoms with Gasteiger partial charge >= 0.3 is 5.97 Å². The van der Waals surface area contributed by atoms with Gasteiger partial charge in [0, 0.05) is 12.3 Å². The summed E-state index contributed by atoms with van der Waals surface area (Å²) in [5.41, 5.74) is 5.83. The van der Waals surface area contributed by atoms with Crippen molar-refractivity contribution < 1.29 is 14.6 Å². The molecule has 2 saturated heterocycles. The second-order valence-electron chi connectivity index (χ2n) is 5.35. The second kappa shape index (κ2) is 6.34. The molecule has 102 valence electrons. The third-order valence-electron chi connectivity index (χ3n) is 4.20. The van der Waals surface area contributed by atoms with E-state index in [2.05, 4.69) is 12.2 Å². The van der Waals surface area contributed by atoms with Crippen LogP contribution in [0.1, 0.15) is 38.5 Å². The first-order valence-corrected chi connectivity index (χ1v) is 6.94. The zero-order valence-electron chi connectivity index (χ0n) is 10.8. The van der Waals surface area contributed by atoms with Crippen LogP contribution in [-0.4, -0.2) is 29.8 Å². The maximum absolute atomic E-state index is 10.4. The average molecular weight is 253 g/mol. The van der Waals surface area contributed by atoms with Crippen molar-refractivity contribution in [2.45, 2.75) is 50.7 Å². The summed E-state index contributed by atoms with van der Waals surface area (Å²) >= 11 is 0. The average Bonchev–Trinajstić information content (AvgIpc) is 2.93. The van der Waals surface area contributed by atoms with Gasteiger partial charge in [-0.15, -0.1) is 0 Å². The van der Waals surface area contributed by atoms with E-state index in [4.69, 9.17) is 15.6 Å². The van der Waals surface area contributed by atoms with Gasteiger partial charge in [0.1, 0.15) is 0 Å². The fourth-order valence-electron chi connectivity index (χ4n) is 3.27. The van der Waals surface area contributed by atoms with Crippen LogP contribution in [0.5, 0.6) is 0 Å². The molecule has 0 unspecified atom stereocenters. The molecule has 0 saturated carbocycles. The molecule has 0 aromatic heterocycles. The second-order valence-corrected chi connectivity index (χ2v) is 5.35. The first kappa shape index (κ1) is 13.6. The van der Waals surface area contributed by atoms with Crippen molar-refractivity contribution in [3.8, 4) is 0 Å². The summed E-state index contributed by atoms with van der Waals surface area (Å²) in [7, 11) is 0. The van der Waals surface area contributed by atoms with E-state index in [0.29, 0.717) is 24.0 Å². The van der Waals surface area contributed by atoms with Crippen LogP contribution < -0.4 is 5.73 Å². The van der Waals surface area contributed by atoms with Crippen LogP contribution in [0.2, 0.25) is 0 Å². The standard InChI is InChI=1S/C14H23NO3/c15-9-11-10(12-7-8-13(11)18-12)5-3-1-2-4-6-14(16)17/h1,3,10-13H,2,4-9,15H2,(H,16,17)/b3-1-/t10-,11+,12+,13-/m1/s1. The number of carbonyl (C=O) groups is 1.